The van der Waals surface area contributed by atoms with Gasteiger partial charge in [0.05, 0.1) is 24.8 Å². The van der Waals surface area contributed by atoms with Crippen LogP contribution in [0.3, 0.4) is 0 Å². The smallest absolute Gasteiger partial charge is 0.377 e. The van der Waals surface area contributed by atoms with Crippen molar-refractivity contribution in [3.05, 3.63) is 35.4 Å². The fourth-order valence-electron chi connectivity index (χ4n) is 3.11. The number of carbonyl (C=O) groups is 1. The van der Waals surface area contributed by atoms with E-state index in [0.29, 0.717) is 6.42 Å². The lowest BCUT2D eigenvalue weighted by Crippen LogP contribution is -2.57. The van der Waals surface area contributed by atoms with Crippen LogP contribution in [0, 0.1) is 0 Å². The van der Waals surface area contributed by atoms with E-state index in [1.54, 1.807) is 0 Å². The third-order valence-electron chi connectivity index (χ3n) is 4.60. The van der Waals surface area contributed by atoms with Crippen LogP contribution in [0.25, 0.3) is 0 Å². The molecule has 10 heteroatoms. The maximum atomic E-state index is 13.2. The Morgan fingerprint density at radius 3 is 2.54 bits per heavy atom. The minimum Gasteiger partial charge on any atom is -0.377 e. The largest absolute Gasteiger partial charge is 0.416 e. The summed E-state index contributed by atoms with van der Waals surface area (Å²) in [7, 11) is -3.82. The molecule has 3 rings (SSSR count). The summed E-state index contributed by atoms with van der Waals surface area (Å²) >= 11 is 0. The third-order valence-corrected chi connectivity index (χ3v) is 6.40. The summed E-state index contributed by atoms with van der Waals surface area (Å²) < 4.78 is 71.4. The first-order valence-corrected chi connectivity index (χ1v) is 9.76. The van der Waals surface area contributed by atoms with Gasteiger partial charge in [0.15, 0.2) is 5.25 Å². The van der Waals surface area contributed by atoms with Crippen LogP contribution in [0.5, 0.6) is 0 Å². The number of carbonyl (C=O) groups excluding carboxylic acids is 1. The van der Waals surface area contributed by atoms with E-state index in [-0.39, 0.29) is 38.3 Å². The van der Waals surface area contributed by atoms with Crippen LogP contribution in [-0.4, -0.2) is 50.3 Å². The molecule has 1 N–H and O–H groups in total. The first-order chi connectivity index (χ1) is 12.2. The minimum absolute atomic E-state index is 0.0681. The van der Waals surface area contributed by atoms with Crippen molar-refractivity contribution in [2.75, 3.05) is 19.8 Å². The topological polar surface area (TPSA) is 75.7 Å². The number of hydrogen-bond acceptors (Lipinski definition) is 4. The highest BCUT2D eigenvalue weighted by atomic mass is 32.2. The first-order valence-electron chi connectivity index (χ1n) is 8.22. The van der Waals surface area contributed by atoms with Gasteiger partial charge >= 0.3 is 6.18 Å². The van der Waals surface area contributed by atoms with Crippen LogP contribution in [0.2, 0.25) is 0 Å². The fraction of sp³-hybridized carbons (Fsp3) is 0.562. The summed E-state index contributed by atoms with van der Waals surface area (Å²) in [6.07, 6.45) is -3.90. The molecule has 0 radical (unpaired) electrons. The van der Waals surface area contributed by atoms with E-state index < -0.39 is 39.0 Å². The number of rotatable bonds is 4. The zero-order valence-corrected chi connectivity index (χ0v) is 14.6. The highest BCUT2D eigenvalue weighted by Gasteiger charge is 2.42. The van der Waals surface area contributed by atoms with Gasteiger partial charge in [0, 0.05) is 13.1 Å². The van der Waals surface area contributed by atoms with E-state index >= 15 is 0 Å². The van der Waals surface area contributed by atoms with Crippen molar-refractivity contribution in [3.8, 4) is 0 Å². The molecule has 2 heterocycles. The second kappa shape index (κ2) is 7.16. The number of sulfonamides is 1. The lowest BCUT2D eigenvalue weighted by atomic mass is 10.0. The van der Waals surface area contributed by atoms with Gasteiger partial charge in [-0.3, -0.25) is 4.79 Å². The summed E-state index contributed by atoms with van der Waals surface area (Å²) in [5.74, 6) is -0.678. The molecule has 0 aromatic heterocycles. The van der Waals surface area contributed by atoms with Crippen molar-refractivity contribution < 1.29 is 31.1 Å². The summed E-state index contributed by atoms with van der Waals surface area (Å²) in [4.78, 5) is 14.1. The molecule has 1 atom stereocenters. The second-order valence-corrected chi connectivity index (χ2v) is 8.33. The molecule has 0 spiro atoms. The Morgan fingerprint density at radius 1 is 1.27 bits per heavy atom. The summed E-state index contributed by atoms with van der Waals surface area (Å²) in [6.45, 7) is 0.310. The molecular weight excluding hydrogens is 373 g/mol. The molecule has 26 heavy (non-hydrogen) atoms. The van der Waals surface area contributed by atoms with Gasteiger partial charge in [-0.1, -0.05) is 18.2 Å². The normalized spacial score (nSPS) is 23.3. The fourth-order valence-corrected chi connectivity index (χ4v) is 4.62. The van der Waals surface area contributed by atoms with Gasteiger partial charge < -0.3 is 9.64 Å². The van der Waals surface area contributed by atoms with E-state index in [0.717, 1.165) is 6.07 Å². The first kappa shape index (κ1) is 19.1. The van der Waals surface area contributed by atoms with Crippen LogP contribution in [-0.2, 0) is 32.3 Å². The van der Waals surface area contributed by atoms with Crippen molar-refractivity contribution in [1.82, 2.24) is 9.62 Å². The van der Waals surface area contributed by atoms with E-state index in [2.05, 4.69) is 4.72 Å². The Labute approximate surface area is 149 Å². The van der Waals surface area contributed by atoms with Crippen molar-refractivity contribution in [1.29, 1.82) is 0 Å². The average molecular weight is 392 g/mol. The Kier molecular flexibility index (Phi) is 5.27. The number of ether oxygens (including phenoxy) is 1. The van der Waals surface area contributed by atoms with Crippen molar-refractivity contribution in [2.24, 2.45) is 0 Å². The van der Waals surface area contributed by atoms with Gasteiger partial charge in [-0.15, -0.1) is 0 Å². The number of benzene rings is 1. The van der Waals surface area contributed by atoms with Crippen LogP contribution < -0.4 is 4.72 Å². The zero-order valence-electron chi connectivity index (χ0n) is 13.8. The average Bonchev–Trinajstić information content (AvgIpc) is 2.51. The maximum absolute atomic E-state index is 13.2. The van der Waals surface area contributed by atoms with Gasteiger partial charge in [0.25, 0.3) is 0 Å². The molecule has 0 aliphatic carbocycles. The Morgan fingerprint density at radius 2 is 1.96 bits per heavy atom. The van der Waals surface area contributed by atoms with Gasteiger partial charge in [0.2, 0.25) is 15.9 Å². The molecule has 144 valence electrons. The van der Waals surface area contributed by atoms with Crippen molar-refractivity contribution in [3.63, 3.8) is 0 Å². The second-order valence-electron chi connectivity index (χ2n) is 6.38. The quantitative estimate of drug-likeness (QED) is 0.843. The molecule has 1 aromatic rings. The molecule has 1 amide bonds. The molecule has 2 aliphatic rings. The van der Waals surface area contributed by atoms with Crippen LogP contribution in [0.4, 0.5) is 13.2 Å². The van der Waals surface area contributed by atoms with Gasteiger partial charge in [-0.2, -0.15) is 13.2 Å². The zero-order chi connectivity index (χ0) is 18.9. The highest BCUT2D eigenvalue weighted by Crippen LogP contribution is 2.33. The van der Waals surface area contributed by atoms with E-state index in [1.165, 1.54) is 23.1 Å². The molecule has 6 nitrogen and oxygen atoms in total. The van der Waals surface area contributed by atoms with E-state index in [4.69, 9.17) is 4.74 Å². The van der Waals surface area contributed by atoms with E-state index in [1.807, 2.05) is 0 Å². The predicted octanol–water partition coefficient (Wildman–Crippen LogP) is 1.51. The van der Waals surface area contributed by atoms with Crippen LogP contribution in [0.1, 0.15) is 24.0 Å². The minimum atomic E-state index is -4.56. The number of alkyl halides is 3. The maximum Gasteiger partial charge on any atom is 0.416 e. The summed E-state index contributed by atoms with van der Waals surface area (Å²) in [5.41, 5.74) is -0.899. The Hall–Kier alpha value is -1.65. The molecule has 2 saturated heterocycles. The van der Waals surface area contributed by atoms with Crippen molar-refractivity contribution in [2.45, 2.75) is 36.9 Å². The van der Waals surface area contributed by atoms with E-state index in [9.17, 15) is 26.4 Å². The molecule has 0 bridgehead atoms. The monoisotopic (exact) mass is 392 g/mol. The Bertz CT molecular complexity index is 778. The third kappa shape index (κ3) is 3.86. The molecule has 2 fully saturated rings. The standard InChI is InChI=1S/C16H19F3N2O4S/c17-16(18,19)13-5-2-1-4-11(13)8-21(12-9-25-10-12)15(22)14-6-3-7-20-26(14,23)24/h1-2,4-5,12,14,20H,3,6-10H2. The van der Waals surface area contributed by atoms with Crippen molar-refractivity contribution >= 4 is 15.9 Å². The number of nitrogens with zero attached hydrogens (tertiary/aromatic N) is 1. The number of hydrogen-bond donors (Lipinski definition) is 1. The molecule has 1 unspecified atom stereocenters. The Balaban J connectivity index is 1.90. The number of halogens is 3. The predicted molar refractivity (Wildman–Crippen MR) is 86.5 cm³/mol. The molecule has 2 aliphatic heterocycles. The summed E-state index contributed by atoms with van der Waals surface area (Å²) in [6, 6.07) is 4.56. The van der Waals surface area contributed by atoms with Gasteiger partial charge in [-0.25, -0.2) is 13.1 Å². The van der Waals surface area contributed by atoms with Gasteiger partial charge in [-0.05, 0) is 24.5 Å². The molecule has 0 saturated carbocycles. The molecule has 1 aromatic carbocycles. The van der Waals surface area contributed by atoms with Crippen LogP contribution >= 0.6 is 0 Å². The van der Waals surface area contributed by atoms with Gasteiger partial charge in [0.1, 0.15) is 0 Å². The lowest BCUT2D eigenvalue weighted by Gasteiger charge is -2.39. The molecular formula is C16H19F3N2O4S. The summed E-state index contributed by atoms with van der Waals surface area (Å²) in [5, 5.41) is -1.28. The number of amides is 1. The number of nitrogens with one attached hydrogen (secondary N) is 1. The van der Waals surface area contributed by atoms with Crippen LogP contribution in [0.15, 0.2) is 24.3 Å². The lowest BCUT2D eigenvalue weighted by molar-refractivity contribution is -0.147. The SMILES string of the molecule is O=C(C1CCCNS1(=O)=O)N(Cc1ccccc1C(F)(F)F)C1COC1. The highest BCUT2D eigenvalue weighted by molar-refractivity contribution is 7.90.